The van der Waals surface area contributed by atoms with Crippen LogP contribution in [0.4, 0.5) is 16.2 Å². The lowest BCUT2D eigenvalue weighted by molar-refractivity contribution is -0.135. The Morgan fingerprint density at radius 2 is 1.26 bits per heavy atom. The molecule has 246 valence electrons. The minimum Gasteiger partial charge on any atom is -0.445 e. The molecule has 2 N–H and O–H groups in total. The zero-order valence-corrected chi connectivity index (χ0v) is 28.1. The Morgan fingerprint density at radius 3 is 1.78 bits per heavy atom. The first kappa shape index (κ1) is 33.5. The van der Waals surface area contributed by atoms with Crippen LogP contribution in [0.15, 0.2) is 78.9 Å². The number of hydrogen-bond donors (Lipinski definition) is 2. The smallest absolute Gasteiger partial charge is 0.410 e. The molecule has 0 radical (unpaired) electrons. The van der Waals surface area contributed by atoms with Crippen molar-refractivity contribution in [2.45, 2.75) is 44.1 Å². The van der Waals surface area contributed by atoms with Gasteiger partial charge in [0.05, 0.1) is 18.3 Å². The molecular formula is C31H37N4O8PS2. The molecule has 2 aliphatic heterocycles. The number of carbonyl (C=O) groups is 2. The molecule has 15 heteroatoms. The average molecular weight is 689 g/mol. The summed E-state index contributed by atoms with van der Waals surface area (Å²) in [5.74, 6) is -1.05. The Bertz CT molecular complexity index is 1760. The van der Waals surface area contributed by atoms with Crippen LogP contribution in [0.2, 0.25) is 0 Å². The van der Waals surface area contributed by atoms with Crippen LogP contribution in [0.1, 0.15) is 31.2 Å². The number of hydrogen-bond acceptors (Lipinski definition) is 8. The standard InChI is InChI=1S/C31H37N4O8PS2/c1-45(39,40)32-24-12-16-26(17-13-24)44(38,27-18-14-25(15-19-27)33-46(2,41)42)29-11-7-21-35(29)30(36)28-10-6-20-34(28)31(37)43-22-23-8-4-3-5-9-23/h3-5,8-9,12-19,28-29,32-33H,6-7,10-11,20-22H2,1-2H3/t28-,29?/m0/s1. The van der Waals surface area contributed by atoms with E-state index < -0.39 is 45.1 Å². The number of nitrogens with zero attached hydrogens (tertiary/aromatic N) is 2. The predicted molar refractivity (Wildman–Crippen MR) is 178 cm³/mol. The van der Waals surface area contributed by atoms with E-state index in [0.717, 1.165) is 18.1 Å². The summed E-state index contributed by atoms with van der Waals surface area (Å²) in [4.78, 5) is 30.4. The third-order valence-corrected chi connectivity index (χ3v) is 12.7. The van der Waals surface area contributed by atoms with E-state index in [1.54, 1.807) is 29.2 Å². The Morgan fingerprint density at radius 1 is 0.761 bits per heavy atom. The summed E-state index contributed by atoms with van der Waals surface area (Å²) in [6, 6.07) is 20.9. The van der Waals surface area contributed by atoms with Crippen LogP contribution in [-0.2, 0) is 40.7 Å². The van der Waals surface area contributed by atoms with Gasteiger partial charge >= 0.3 is 6.09 Å². The molecule has 2 heterocycles. The first-order valence-electron chi connectivity index (χ1n) is 14.8. The molecule has 0 saturated carbocycles. The fraction of sp³-hybridized carbons (Fsp3) is 0.355. The highest BCUT2D eigenvalue weighted by molar-refractivity contribution is 7.92. The molecule has 3 aromatic rings. The van der Waals surface area contributed by atoms with Gasteiger partial charge in [0.1, 0.15) is 12.6 Å². The monoisotopic (exact) mass is 688 g/mol. The third-order valence-electron chi connectivity index (χ3n) is 8.01. The number of rotatable bonds is 10. The molecule has 2 fully saturated rings. The van der Waals surface area contributed by atoms with E-state index in [-0.39, 0.29) is 12.5 Å². The number of ether oxygens (including phenoxy) is 1. The van der Waals surface area contributed by atoms with Gasteiger partial charge in [-0.2, -0.15) is 0 Å². The molecule has 46 heavy (non-hydrogen) atoms. The van der Waals surface area contributed by atoms with Crippen molar-refractivity contribution in [3.05, 3.63) is 84.4 Å². The van der Waals surface area contributed by atoms with Gasteiger partial charge in [-0.15, -0.1) is 0 Å². The van der Waals surface area contributed by atoms with Crippen LogP contribution < -0.4 is 20.1 Å². The highest BCUT2D eigenvalue weighted by Gasteiger charge is 2.48. The van der Waals surface area contributed by atoms with Crippen molar-refractivity contribution in [1.29, 1.82) is 0 Å². The van der Waals surface area contributed by atoms with Crippen molar-refractivity contribution in [3.8, 4) is 0 Å². The fourth-order valence-electron chi connectivity index (χ4n) is 6.04. The lowest BCUT2D eigenvalue weighted by Gasteiger charge is -2.35. The van der Waals surface area contributed by atoms with E-state index >= 15 is 4.57 Å². The molecule has 2 saturated heterocycles. The van der Waals surface area contributed by atoms with Crippen molar-refractivity contribution >= 4 is 61.2 Å². The Hall–Kier alpha value is -3.87. The zero-order chi connectivity index (χ0) is 33.1. The highest BCUT2D eigenvalue weighted by atomic mass is 32.2. The molecule has 2 atom stereocenters. The average Bonchev–Trinajstić information content (AvgIpc) is 3.70. The Labute approximate surface area is 269 Å². The molecule has 5 rings (SSSR count). The maximum Gasteiger partial charge on any atom is 0.410 e. The highest BCUT2D eigenvalue weighted by Crippen LogP contribution is 2.54. The van der Waals surface area contributed by atoms with Gasteiger partial charge in [-0.1, -0.05) is 30.3 Å². The first-order chi connectivity index (χ1) is 21.7. The fourth-order valence-corrected chi connectivity index (χ4v) is 10.5. The van der Waals surface area contributed by atoms with Gasteiger partial charge in [0.25, 0.3) is 0 Å². The van der Waals surface area contributed by atoms with Crippen molar-refractivity contribution < 1.29 is 35.7 Å². The molecule has 2 aliphatic rings. The van der Waals surface area contributed by atoms with Crippen LogP contribution in [0.3, 0.4) is 0 Å². The van der Waals surface area contributed by atoms with Gasteiger partial charge in [0, 0.05) is 35.1 Å². The minimum atomic E-state index is -3.64. The SMILES string of the molecule is CS(=O)(=O)Nc1ccc(P(=O)(c2ccc(NS(C)(=O)=O)cc2)C2CCCN2C(=O)[C@@H]2CCCN2C(=O)OCc2ccccc2)cc1. The molecule has 2 amide bonds. The number of carbonyl (C=O) groups excluding carboxylic acids is 2. The number of anilines is 2. The molecule has 0 aromatic heterocycles. The minimum absolute atomic E-state index is 0.0764. The molecule has 3 aromatic carbocycles. The molecule has 0 aliphatic carbocycles. The quantitative estimate of drug-likeness (QED) is 0.307. The maximum absolute atomic E-state index is 15.4. The molecule has 0 bridgehead atoms. The van der Waals surface area contributed by atoms with Gasteiger partial charge in [-0.3, -0.25) is 19.1 Å². The zero-order valence-electron chi connectivity index (χ0n) is 25.5. The van der Waals surface area contributed by atoms with Crippen molar-refractivity contribution in [2.75, 3.05) is 35.0 Å². The topological polar surface area (TPSA) is 159 Å². The second-order valence-electron chi connectivity index (χ2n) is 11.5. The number of amides is 2. The largest absolute Gasteiger partial charge is 0.445 e. The van der Waals surface area contributed by atoms with Crippen LogP contribution in [0.25, 0.3) is 0 Å². The molecule has 0 spiro atoms. The van der Waals surface area contributed by atoms with Crippen LogP contribution >= 0.6 is 7.14 Å². The van der Waals surface area contributed by atoms with E-state index in [0.29, 0.717) is 60.8 Å². The van der Waals surface area contributed by atoms with Gasteiger partial charge < -0.3 is 14.2 Å². The second-order valence-corrected chi connectivity index (χ2v) is 18.0. The Balaban J connectivity index is 1.45. The van der Waals surface area contributed by atoms with Crippen molar-refractivity contribution in [1.82, 2.24) is 9.80 Å². The van der Waals surface area contributed by atoms with E-state index in [9.17, 15) is 26.4 Å². The summed E-state index contributed by atoms with van der Waals surface area (Å²) < 4.78 is 72.9. The van der Waals surface area contributed by atoms with E-state index in [4.69, 9.17) is 4.74 Å². The lowest BCUT2D eigenvalue weighted by Crippen LogP contribution is -2.50. The normalized spacial score (nSPS) is 18.7. The first-order valence-corrected chi connectivity index (χ1v) is 20.3. The van der Waals surface area contributed by atoms with Crippen LogP contribution in [0.5, 0.6) is 0 Å². The van der Waals surface area contributed by atoms with Crippen molar-refractivity contribution in [3.63, 3.8) is 0 Å². The van der Waals surface area contributed by atoms with Crippen LogP contribution in [-0.4, -0.2) is 76.1 Å². The summed E-state index contributed by atoms with van der Waals surface area (Å²) in [5.41, 5.74) is 1.41. The van der Waals surface area contributed by atoms with E-state index in [2.05, 4.69) is 9.44 Å². The summed E-state index contributed by atoms with van der Waals surface area (Å²) >= 11 is 0. The van der Waals surface area contributed by atoms with Crippen LogP contribution in [0, 0.1) is 0 Å². The maximum atomic E-state index is 15.4. The van der Waals surface area contributed by atoms with Gasteiger partial charge in [0.2, 0.25) is 26.0 Å². The van der Waals surface area contributed by atoms with Gasteiger partial charge in [-0.05, 0) is 79.8 Å². The van der Waals surface area contributed by atoms with E-state index in [1.165, 1.54) is 29.2 Å². The number of nitrogens with one attached hydrogen (secondary N) is 2. The van der Waals surface area contributed by atoms with Gasteiger partial charge in [-0.25, -0.2) is 21.6 Å². The molecule has 12 nitrogen and oxygen atoms in total. The Kier molecular flexibility index (Phi) is 9.81. The molecular weight excluding hydrogens is 651 g/mol. The second kappa shape index (κ2) is 13.5. The predicted octanol–water partition coefficient (Wildman–Crippen LogP) is 3.49. The summed E-state index contributed by atoms with van der Waals surface area (Å²) in [7, 11) is -10.7. The lowest BCUT2D eigenvalue weighted by atomic mass is 10.2. The number of benzene rings is 3. The molecule has 1 unspecified atom stereocenters. The van der Waals surface area contributed by atoms with E-state index in [1.807, 2.05) is 30.3 Å². The number of sulfonamides is 2. The van der Waals surface area contributed by atoms with Crippen molar-refractivity contribution in [2.24, 2.45) is 0 Å². The summed E-state index contributed by atoms with van der Waals surface area (Å²) in [6.07, 6.45) is 3.57. The summed E-state index contributed by atoms with van der Waals surface area (Å²) in [5, 5.41) is 0.816. The third kappa shape index (κ3) is 7.73. The van der Waals surface area contributed by atoms with Gasteiger partial charge in [0.15, 0.2) is 7.14 Å². The summed E-state index contributed by atoms with van der Waals surface area (Å²) in [6.45, 7) is 0.787. The number of likely N-dealkylation sites (tertiary alicyclic amines) is 2.